The average molecular weight is 667 g/mol. The molecule has 0 aliphatic rings. The molecule has 7 aromatic carbocycles. The number of pyridine rings is 1. The largest absolute Gasteiger partial charge is 0.456 e. The first kappa shape index (κ1) is 28.6. The number of fused-ring (bicyclic) bond motifs is 8. The molecule has 0 atom stereocenters. The Morgan fingerprint density at radius 1 is 0.346 bits per heavy atom. The molecule has 0 unspecified atom stereocenters. The van der Waals surface area contributed by atoms with Crippen LogP contribution in [0.2, 0.25) is 0 Å². The summed E-state index contributed by atoms with van der Waals surface area (Å²) in [7, 11) is 0. The molecule has 6 nitrogen and oxygen atoms in total. The van der Waals surface area contributed by atoms with Gasteiger partial charge in [0.15, 0.2) is 17.5 Å². The summed E-state index contributed by atoms with van der Waals surface area (Å²) in [6.07, 6.45) is 0. The van der Waals surface area contributed by atoms with Crippen LogP contribution < -0.4 is 0 Å². The van der Waals surface area contributed by atoms with Crippen molar-refractivity contribution in [1.82, 2.24) is 19.9 Å². The third-order valence-corrected chi connectivity index (χ3v) is 9.90. The Morgan fingerprint density at radius 3 is 1.87 bits per heavy atom. The summed E-state index contributed by atoms with van der Waals surface area (Å²) in [5, 5.41) is 8.29. The van der Waals surface area contributed by atoms with Crippen LogP contribution in [-0.4, -0.2) is 19.9 Å². The molecule has 0 aliphatic heterocycles. The SMILES string of the molecule is c1ccc(-c2nc(-c3ccc4ccccc4c3)nc(-c3cc(-c4cccc5oc6ccccc6c45)nc4oc5cc6ccccc6cc5c34)n2)cc1. The molecule has 4 heterocycles. The van der Waals surface area contributed by atoms with E-state index >= 15 is 0 Å². The lowest BCUT2D eigenvalue weighted by molar-refractivity contribution is 0.655. The van der Waals surface area contributed by atoms with Gasteiger partial charge in [0.2, 0.25) is 5.71 Å². The van der Waals surface area contributed by atoms with E-state index in [1.54, 1.807) is 0 Å². The van der Waals surface area contributed by atoms with Crippen LogP contribution in [0.3, 0.4) is 0 Å². The Hall–Kier alpha value is -7.18. The molecule has 52 heavy (non-hydrogen) atoms. The monoisotopic (exact) mass is 666 g/mol. The maximum absolute atomic E-state index is 6.64. The van der Waals surface area contributed by atoms with Crippen LogP contribution in [0.15, 0.2) is 167 Å². The zero-order valence-corrected chi connectivity index (χ0v) is 27.6. The van der Waals surface area contributed by atoms with Crippen molar-refractivity contribution >= 4 is 65.6 Å². The number of rotatable bonds is 4. The average Bonchev–Trinajstić information content (AvgIpc) is 3.77. The van der Waals surface area contributed by atoms with Gasteiger partial charge in [0.05, 0.1) is 11.1 Å². The van der Waals surface area contributed by atoms with E-state index in [2.05, 4.69) is 78.9 Å². The standard InChI is InChI=1S/C46H26N4O2/c1-2-12-28(13-3-1)43-48-44(32-22-21-27-11-4-5-14-29(27)23-32)50-45(49-43)36-26-37(33-18-10-20-39-41(33)34-17-8-9-19-38(34)51-39)47-46-42(36)35-24-30-15-6-7-16-31(30)25-40(35)52-46/h1-26H. The summed E-state index contributed by atoms with van der Waals surface area (Å²) in [5.41, 5.74) is 7.16. The molecule has 0 aliphatic carbocycles. The number of para-hydroxylation sites is 1. The third kappa shape index (κ3) is 4.51. The summed E-state index contributed by atoms with van der Waals surface area (Å²) < 4.78 is 12.9. The topological polar surface area (TPSA) is 77.8 Å². The molecular formula is C46H26N4O2. The zero-order valence-electron chi connectivity index (χ0n) is 27.6. The first-order valence-corrected chi connectivity index (χ1v) is 17.2. The summed E-state index contributed by atoms with van der Waals surface area (Å²) in [6, 6.07) is 53.6. The van der Waals surface area contributed by atoms with Gasteiger partial charge in [-0.05, 0) is 57.9 Å². The van der Waals surface area contributed by atoms with E-state index in [0.717, 1.165) is 87.8 Å². The van der Waals surface area contributed by atoms with Crippen molar-refractivity contribution in [2.75, 3.05) is 0 Å². The Morgan fingerprint density at radius 2 is 1.02 bits per heavy atom. The fourth-order valence-electron chi connectivity index (χ4n) is 7.43. The van der Waals surface area contributed by atoms with Crippen molar-refractivity contribution in [1.29, 1.82) is 0 Å². The summed E-state index contributed by atoms with van der Waals surface area (Å²) >= 11 is 0. The molecule has 0 amide bonds. The smallest absolute Gasteiger partial charge is 0.228 e. The Kier molecular flexibility index (Phi) is 6.15. The minimum atomic E-state index is 0.511. The molecule has 11 rings (SSSR count). The molecule has 0 radical (unpaired) electrons. The predicted molar refractivity (Wildman–Crippen MR) is 209 cm³/mol. The molecular weight excluding hydrogens is 641 g/mol. The van der Waals surface area contributed by atoms with Gasteiger partial charge in [-0.3, -0.25) is 0 Å². The van der Waals surface area contributed by atoms with Gasteiger partial charge in [-0.15, -0.1) is 0 Å². The molecule has 6 heteroatoms. The quantitative estimate of drug-likeness (QED) is 0.186. The second-order valence-corrected chi connectivity index (χ2v) is 13.0. The van der Waals surface area contributed by atoms with E-state index in [-0.39, 0.29) is 0 Å². The lowest BCUT2D eigenvalue weighted by Gasteiger charge is -2.11. The molecule has 0 fully saturated rings. The Balaban J connectivity index is 1.24. The van der Waals surface area contributed by atoms with Crippen molar-refractivity contribution in [2.24, 2.45) is 0 Å². The summed E-state index contributed by atoms with van der Waals surface area (Å²) in [6.45, 7) is 0. The van der Waals surface area contributed by atoms with Crippen molar-refractivity contribution in [3.63, 3.8) is 0 Å². The van der Waals surface area contributed by atoms with E-state index in [1.807, 2.05) is 78.9 Å². The van der Waals surface area contributed by atoms with Gasteiger partial charge >= 0.3 is 0 Å². The predicted octanol–water partition coefficient (Wildman–Crippen LogP) is 12.0. The second kappa shape index (κ2) is 11.2. The molecule has 0 N–H and O–H groups in total. The number of hydrogen-bond acceptors (Lipinski definition) is 6. The fraction of sp³-hybridized carbons (Fsp3) is 0. The van der Waals surface area contributed by atoms with E-state index in [0.29, 0.717) is 23.2 Å². The molecule has 4 aromatic heterocycles. The minimum Gasteiger partial charge on any atom is -0.456 e. The highest BCUT2D eigenvalue weighted by Gasteiger charge is 2.23. The van der Waals surface area contributed by atoms with E-state index < -0.39 is 0 Å². The number of hydrogen-bond donors (Lipinski definition) is 0. The van der Waals surface area contributed by atoms with Crippen LogP contribution in [0.5, 0.6) is 0 Å². The van der Waals surface area contributed by atoms with Gasteiger partial charge in [0.25, 0.3) is 0 Å². The van der Waals surface area contributed by atoms with Crippen molar-refractivity contribution < 1.29 is 8.83 Å². The first-order chi connectivity index (χ1) is 25.7. The molecule has 11 aromatic rings. The Bertz CT molecular complexity index is 3200. The zero-order chi connectivity index (χ0) is 34.2. The van der Waals surface area contributed by atoms with Gasteiger partial charge in [0.1, 0.15) is 16.7 Å². The van der Waals surface area contributed by atoms with Crippen LogP contribution >= 0.6 is 0 Å². The van der Waals surface area contributed by atoms with E-state index in [4.69, 9.17) is 28.8 Å². The molecule has 0 saturated carbocycles. The Labute approximate surface area is 296 Å². The second-order valence-electron chi connectivity index (χ2n) is 13.0. The van der Waals surface area contributed by atoms with Gasteiger partial charge in [-0.1, -0.05) is 121 Å². The highest BCUT2D eigenvalue weighted by Crippen LogP contribution is 2.42. The molecule has 0 bridgehead atoms. The maximum Gasteiger partial charge on any atom is 0.228 e. The van der Waals surface area contributed by atoms with Gasteiger partial charge < -0.3 is 8.83 Å². The van der Waals surface area contributed by atoms with Gasteiger partial charge in [0, 0.05) is 38.4 Å². The van der Waals surface area contributed by atoms with Crippen molar-refractivity contribution in [3.8, 4) is 45.4 Å². The number of aromatic nitrogens is 4. The minimum absolute atomic E-state index is 0.511. The van der Waals surface area contributed by atoms with Crippen molar-refractivity contribution in [3.05, 3.63) is 158 Å². The molecule has 0 saturated heterocycles. The number of furan rings is 2. The van der Waals surface area contributed by atoms with Crippen molar-refractivity contribution in [2.45, 2.75) is 0 Å². The highest BCUT2D eigenvalue weighted by atomic mass is 16.3. The lowest BCUT2D eigenvalue weighted by Crippen LogP contribution is -2.01. The van der Waals surface area contributed by atoms with Gasteiger partial charge in [-0.25, -0.2) is 19.9 Å². The van der Waals surface area contributed by atoms with Crippen LogP contribution in [0.4, 0.5) is 0 Å². The summed E-state index contributed by atoms with van der Waals surface area (Å²) in [4.78, 5) is 20.7. The number of benzene rings is 7. The molecule has 0 spiro atoms. The van der Waals surface area contributed by atoms with Crippen LogP contribution in [0.1, 0.15) is 0 Å². The maximum atomic E-state index is 6.64. The molecule has 242 valence electrons. The highest BCUT2D eigenvalue weighted by molar-refractivity contribution is 6.16. The van der Waals surface area contributed by atoms with Crippen LogP contribution in [0.25, 0.3) is 111 Å². The normalized spacial score (nSPS) is 11.8. The lowest BCUT2D eigenvalue weighted by atomic mass is 9.99. The number of nitrogens with zero attached hydrogens (tertiary/aromatic N) is 4. The van der Waals surface area contributed by atoms with Crippen LogP contribution in [-0.2, 0) is 0 Å². The third-order valence-electron chi connectivity index (χ3n) is 9.90. The fourth-order valence-corrected chi connectivity index (χ4v) is 7.43. The van der Waals surface area contributed by atoms with Crippen LogP contribution in [0, 0.1) is 0 Å². The van der Waals surface area contributed by atoms with E-state index in [9.17, 15) is 0 Å². The first-order valence-electron chi connectivity index (χ1n) is 17.2. The van der Waals surface area contributed by atoms with E-state index in [1.165, 1.54) is 0 Å². The summed E-state index contributed by atoms with van der Waals surface area (Å²) in [5.74, 6) is 1.70. The van der Waals surface area contributed by atoms with Gasteiger partial charge in [-0.2, -0.15) is 0 Å².